The van der Waals surface area contributed by atoms with E-state index < -0.39 is 0 Å². The summed E-state index contributed by atoms with van der Waals surface area (Å²) in [5.74, 6) is 1.19. The van der Waals surface area contributed by atoms with Crippen molar-refractivity contribution in [3.8, 4) is 0 Å². The van der Waals surface area contributed by atoms with E-state index in [1.165, 1.54) is 5.56 Å². The predicted octanol–water partition coefficient (Wildman–Crippen LogP) is 1.60. The van der Waals surface area contributed by atoms with Crippen LogP contribution in [-0.4, -0.2) is 13.1 Å². The van der Waals surface area contributed by atoms with Gasteiger partial charge in [0.15, 0.2) is 0 Å². The van der Waals surface area contributed by atoms with Gasteiger partial charge < -0.3 is 15.5 Å². The van der Waals surface area contributed by atoms with Crippen molar-refractivity contribution >= 4 is 0 Å². The van der Waals surface area contributed by atoms with Gasteiger partial charge in [-0.2, -0.15) is 0 Å². The van der Waals surface area contributed by atoms with Crippen molar-refractivity contribution in [2.75, 3.05) is 13.1 Å². The van der Waals surface area contributed by atoms with E-state index in [0.717, 1.165) is 19.6 Å². The lowest BCUT2D eigenvalue weighted by Gasteiger charge is -2.18. The van der Waals surface area contributed by atoms with E-state index in [0.29, 0.717) is 11.8 Å². The summed E-state index contributed by atoms with van der Waals surface area (Å²) in [7, 11) is 0. The number of rotatable bonds is 6. The highest BCUT2D eigenvalue weighted by atomic mass is 16.3. The molecule has 0 aliphatic heterocycles. The highest BCUT2D eigenvalue weighted by molar-refractivity contribution is 5.04. The van der Waals surface area contributed by atoms with Gasteiger partial charge in [0.2, 0.25) is 0 Å². The van der Waals surface area contributed by atoms with Gasteiger partial charge in [-0.25, -0.2) is 0 Å². The van der Waals surface area contributed by atoms with E-state index >= 15 is 0 Å². The van der Waals surface area contributed by atoms with Gasteiger partial charge in [-0.3, -0.25) is 0 Å². The lowest BCUT2D eigenvalue weighted by molar-refractivity contribution is 0.370. The van der Waals surface area contributed by atoms with Crippen LogP contribution in [0.3, 0.4) is 0 Å². The molecular weight excluding hydrogens is 176 g/mol. The van der Waals surface area contributed by atoms with Gasteiger partial charge in [-0.1, -0.05) is 13.8 Å². The molecule has 1 unspecified atom stereocenters. The molecular formula is C11H20N2O. The summed E-state index contributed by atoms with van der Waals surface area (Å²) in [6, 6.07) is 1.97. The summed E-state index contributed by atoms with van der Waals surface area (Å²) in [4.78, 5) is 0. The molecule has 0 saturated carbocycles. The monoisotopic (exact) mass is 196 g/mol. The summed E-state index contributed by atoms with van der Waals surface area (Å²) in [6.45, 7) is 6.99. The van der Waals surface area contributed by atoms with Crippen molar-refractivity contribution in [2.45, 2.75) is 20.4 Å². The van der Waals surface area contributed by atoms with E-state index in [-0.39, 0.29) is 0 Å². The highest BCUT2D eigenvalue weighted by Gasteiger charge is 2.10. The van der Waals surface area contributed by atoms with Crippen LogP contribution in [0.25, 0.3) is 0 Å². The molecule has 1 atom stereocenters. The minimum Gasteiger partial charge on any atom is -0.472 e. The van der Waals surface area contributed by atoms with Crippen LogP contribution in [0, 0.1) is 11.8 Å². The van der Waals surface area contributed by atoms with Crippen molar-refractivity contribution in [1.29, 1.82) is 0 Å². The summed E-state index contributed by atoms with van der Waals surface area (Å²) < 4.78 is 4.98. The summed E-state index contributed by atoms with van der Waals surface area (Å²) in [6.07, 6.45) is 3.46. The largest absolute Gasteiger partial charge is 0.472 e. The molecule has 3 N–H and O–H groups in total. The zero-order valence-electron chi connectivity index (χ0n) is 8.99. The normalized spacial score (nSPS) is 13.4. The van der Waals surface area contributed by atoms with E-state index in [2.05, 4.69) is 19.2 Å². The van der Waals surface area contributed by atoms with Crippen molar-refractivity contribution in [3.63, 3.8) is 0 Å². The van der Waals surface area contributed by atoms with E-state index in [4.69, 9.17) is 10.2 Å². The molecule has 0 bridgehead atoms. The number of hydrogen-bond acceptors (Lipinski definition) is 3. The second kappa shape index (κ2) is 5.83. The molecule has 0 amide bonds. The summed E-state index contributed by atoms with van der Waals surface area (Å²) in [5.41, 5.74) is 6.86. The average Bonchev–Trinajstić information content (AvgIpc) is 2.64. The maximum atomic E-state index is 5.67. The molecule has 1 heterocycles. The Labute approximate surface area is 85.7 Å². The van der Waals surface area contributed by atoms with Crippen LogP contribution in [-0.2, 0) is 6.54 Å². The fourth-order valence-corrected chi connectivity index (χ4v) is 1.39. The first-order valence-electron chi connectivity index (χ1n) is 5.16. The van der Waals surface area contributed by atoms with Crippen LogP contribution in [0.5, 0.6) is 0 Å². The topological polar surface area (TPSA) is 51.2 Å². The maximum absolute atomic E-state index is 5.67. The molecule has 1 aromatic heterocycles. The van der Waals surface area contributed by atoms with Gasteiger partial charge in [0, 0.05) is 12.1 Å². The Balaban J connectivity index is 2.20. The second-order valence-corrected chi connectivity index (χ2v) is 4.00. The first-order chi connectivity index (χ1) is 6.74. The van der Waals surface area contributed by atoms with E-state index in [1.54, 1.807) is 12.5 Å². The first kappa shape index (κ1) is 11.3. The molecule has 0 aromatic carbocycles. The predicted molar refractivity (Wildman–Crippen MR) is 57.8 cm³/mol. The lowest BCUT2D eigenvalue weighted by Crippen LogP contribution is -2.31. The van der Waals surface area contributed by atoms with Crippen molar-refractivity contribution in [3.05, 3.63) is 24.2 Å². The quantitative estimate of drug-likeness (QED) is 0.726. The molecule has 1 rings (SSSR count). The molecule has 0 aliphatic carbocycles. The standard InChI is InChI=1S/C11H20N2O/c1-9(2)11(5-12)7-13-6-10-3-4-14-8-10/h3-4,8-9,11,13H,5-7,12H2,1-2H3. The molecule has 14 heavy (non-hydrogen) atoms. The fourth-order valence-electron chi connectivity index (χ4n) is 1.39. The van der Waals surface area contributed by atoms with Gasteiger partial charge >= 0.3 is 0 Å². The molecule has 0 spiro atoms. The Morgan fingerprint density at radius 2 is 2.29 bits per heavy atom. The lowest BCUT2D eigenvalue weighted by atomic mass is 9.96. The third kappa shape index (κ3) is 3.52. The average molecular weight is 196 g/mol. The smallest absolute Gasteiger partial charge is 0.0947 e. The van der Waals surface area contributed by atoms with Crippen LogP contribution >= 0.6 is 0 Å². The number of nitrogens with one attached hydrogen (secondary N) is 1. The SMILES string of the molecule is CC(C)C(CN)CNCc1ccoc1. The van der Waals surface area contributed by atoms with Crippen LogP contribution in [0.4, 0.5) is 0 Å². The van der Waals surface area contributed by atoms with E-state index in [9.17, 15) is 0 Å². The fraction of sp³-hybridized carbons (Fsp3) is 0.636. The van der Waals surface area contributed by atoms with E-state index in [1.807, 2.05) is 6.07 Å². The first-order valence-corrected chi connectivity index (χ1v) is 5.16. The number of hydrogen-bond donors (Lipinski definition) is 2. The Kier molecular flexibility index (Phi) is 4.70. The minimum absolute atomic E-state index is 0.557. The maximum Gasteiger partial charge on any atom is 0.0947 e. The van der Waals surface area contributed by atoms with Crippen LogP contribution in [0.15, 0.2) is 23.0 Å². The van der Waals surface area contributed by atoms with Crippen LogP contribution in [0.1, 0.15) is 19.4 Å². The van der Waals surface area contributed by atoms with Gasteiger partial charge in [0.05, 0.1) is 12.5 Å². The van der Waals surface area contributed by atoms with Crippen molar-refractivity contribution in [2.24, 2.45) is 17.6 Å². The number of nitrogens with two attached hydrogens (primary N) is 1. The van der Waals surface area contributed by atoms with Gasteiger partial charge in [0.25, 0.3) is 0 Å². The zero-order chi connectivity index (χ0) is 10.4. The molecule has 1 aromatic rings. The third-order valence-corrected chi connectivity index (χ3v) is 2.56. The Hall–Kier alpha value is -0.800. The number of furan rings is 1. The second-order valence-electron chi connectivity index (χ2n) is 4.00. The van der Waals surface area contributed by atoms with Crippen LogP contribution in [0.2, 0.25) is 0 Å². The molecule has 3 nitrogen and oxygen atoms in total. The molecule has 0 radical (unpaired) electrons. The zero-order valence-corrected chi connectivity index (χ0v) is 8.99. The molecule has 0 fully saturated rings. The minimum atomic E-state index is 0.557. The highest BCUT2D eigenvalue weighted by Crippen LogP contribution is 2.08. The molecule has 0 saturated heterocycles. The van der Waals surface area contributed by atoms with Crippen LogP contribution < -0.4 is 11.1 Å². The molecule has 0 aliphatic rings. The van der Waals surface area contributed by atoms with Crippen molar-refractivity contribution in [1.82, 2.24) is 5.32 Å². The molecule has 3 heteroatoms. The Morgan fingerprint density at radius 3 is 2.79 bits per heavy atom. The van der Waals surface area contributed by atoms with Gasteiger partial charge in [-0.05, 0) is 31.0 Å². The Bertz CT molecular complexity index is 231. The third-order valence-electron chi connectivity index (χ3n) is 2.56. The van der Waals surface area contributed by atoms with Gasteiger partial charge in [0.1, 0.15) is 0 Å². The summed E-state index contributed by atoms with van der Waals surface area (Å²) in [5, 5.41) is 3.38. The summed E-state index contributed by atoms with van der Waals surface area (Å²) >= 11 is 0. The molecule has 80 valence electrons. The van der Waals surface area contributed by atoms with Crippen molar-refractivity contribution < 1.29 is 4.42 Å². The van der Waals surface area contributed by atoms with Gasteiger partial charge in [-0.15, -0.1) is 0 Å². The Morgan fingerprint density at radius 1 is 1.50 bits per heavy atom.